The van der Waals surface area contributed by atoms with Gasteiger partial charge in [0.05, 0.1) is 5.25 Å². The molecule has 142 valence electrons. The molecule has 11 heteroatoms. The van der Waals surface area contributed by atoms with Gasteiger partial charge in [-0.2, -0.15) is 13.2 Å². The molecule has 0 aliphatic rings. The number of carbonyl (C=O) groups is 1. The van der Waals surface area contributed by atoms with Crippen LogP contribution in [-0.2, 0) is 11.3 Å². The summed E-state index contributed by atoms with van der Waals surface area (Å²) in [5.41, 5.74) is 0.660. The molecular formula is C15H16F4N4OS2. The van der Waals surface area contributed by atoms with Crippen molar-refractivity contribution in [1.29, 1.82) is 0 Å². The summed E-state index contributed by atoms with van der Waals surface area (Å²) < 4.78 is 50.1. The molecule has 1 aromatic carbocycles. The first-order valence-electron chi connectivity index (χ1n) is 7.44. The predicted molar refractivity (Wildman–Crippen MR) is 92.6 cm³/mol. The van der Waals surface area contributed by atoms with Crippen LogP contribution >= 0.6 is 23.1 Å². The summed E-state index contributed by atoms with van der Waals surface area (Å²) in [6, 6.07) is 5.96. The summed E-state index contributed by atoms with van der Waals surface area (Å²) in [5.74, 6) is -0.585. The van der Waals surface area contributed by atoms with Gasteiger partial charge in [0.2, 0.25) is 11.0 Å². The van der Waals surface area contributed by atoms with Gasteiger partial charge < -0.3 is 10.2 Å². The number of aromatic nitrogens is 2. The number of halogens is 4. The predicted octanol–water partition coefficient (Wildman–Crippen LogP) is 3.79. The Hall–Kier alpha value is -1.88. The van der Waals surface area contributed by atoms with Crippen LogP contribution in [0.25, 0.3) is 0 Å². The largest absolute Gasteiger partial charge is 0.405 e. The van der Waals surface area contributed by atoms with Crippen molar-refractivity contribution in [3.63, 3.8) is 0 Å². The van der Waals surface area contributed by atoms with E-state index in [1.807, 2.05) is 0 Å². The smallest absolute Gasteiger partial charge is 0.351 e. The Bertz CT molecular complexity index is 753. The summed E-state index contributed by atoms with van der Waals surface area (Å²) in [6.07, 6.45) is -4.35. The Balaban J connectivity index is 1.89. The van der Waals surface area contributed by atoms with Gasteiger partial charge in [0, 0.05) is 13.6 Å². The van der Waals surface area contributed by atoms with Gasteiger partial charge in [-0.1, -0.05) is 35.2 Å². The normalized spacial score (nSPS) is 12.7. The summed E-state index contributed by atoms with van der Waals surface area (Å²) in [7, 11) is 1.60. The number of hydrogen-bond donors (Lipinski definition) is 1. The summed E-state index contributed by atoms with van der Waals surface area (Å²) in [4.78, 5) is 13.9. The van der Waals surface area contributed by atoms with Crippen molar-refractivity contribution >= 4 is 34.1 Å². The van der Waals surface area contributed by atoms with Crippen LogP contribution in [0.4, 0.5) is 22.7 Å². The average molecular weight is 408 g/mol. The van der Waals surface area contributed by atoms with Crippen molar-refractivity contribution in [1.82, 2.24) is 15.1 Å². The van der Waals surface area contributed by atoms with Crippen LogP contribution < -0.4 is 5.32 Å². The van der Waals surface area contributed by atoms with Crippen LogP contribution in [0.15, 0.2) is 28.6 Å². The zero-order chi connectivity index (χ0) is 19.3. The lowest BCUT2D eigenvalue weighted by atomic mass is 10.2. The monoisotopic (exact) mass is 408 g/mol. The van der Waals surface area contributed by atoms with Crippen molar-refractivity contribution in [3.8, 4) is 0 Å². The highest BCUT2D eigenvalue weighted by Gasteiger charge is 2.27. The molecule has 2 rings (SSSR count). The van der Waals surface area contributed by atoms with Gasteiger partial charge in [-0.25, -0.2) is 4.39 Å². The maximum atomic E-state index is 13.2. The number of rotatable bonds is 7. The molecule has 0 saturated heterocycles. The molecule has 26 heavy (non-hydrogen) atoms. The second-order valence-corrected chi connectivity index (χ2v) is 7.99. The molecule has 0 spiro atoms. The molecule has 5 nitrogen and oxygen atoms in total. The number of alkyl halides is 3. The highest BCUT2D eigenvalue weighted by Crippen LogP contribution is 2.30. The van der Waals surface area contributed by atoms with E-state index in [2.05, 4.69) is 15.5 Å². The SMILES string of the molecule is CC(Sc1nnc(NCC(F)(F)F)s1)C(=O)N(C)Cc1cccc(F)c1. The zero-order valence-electron chi connectivity index (χ0n) is 13.9. The summed E-state index contributed by atoms with van der Waals surface area (Å²) in [6.45, 7) is 0.715. The molecule has 0 fully saturated rings. The Morgan fingerprint density at radius 1 is 1.38 bits per heavy atom. The Kier molecular flexibility index (Phi) is 6.81. The van der Waals surface area contributed by atoms with E-state index in [0.717, 1.165) is 23.1 Å². The quantitative estimate of drug-likeness (QED) is 0.558. The van der Waals surface area contributed by atoms with E-state index in [1.54, 1.807) is 26.1 Å². The molecule has 2 aromatic rings. The minimum atomic E-state index is -4.35. The van der Waals surface area contributed by atoms with E-state index in [0.29, 0.717) is 9.90 Å². The molecule has 1 aromatic heterocycles. The first-order valence-corrected chi connectivity index (χ1v) is 9.14. The number of hydrogen-bond acceptors (Lipinski definition) is 6. The van der Waals surface area contributed by atoms with Gasteiger partial charge in [-0.15, -0.1) is 10.2 Å². The third-order valence-corrected chi connectivity index (χ3v) is 5.21. The van der Waals surface area contributed by atoms with Crippen molar-refractivity contribution in [2.75, 3.05) is 18.9 Å². The van der Waals surface area contributed by atoms with Crippen LogP contribution in [0.1, 0.15) is 12.5 Å². The van der Waals surface area contributed by atoms with Gasteiger partial charge >= 0.3 is 6.18 Å². The third-order valence-electron chi connectivity index (χ3n) is 3.16. The van der Waals surface area contributed by atoms with E-state index in [1.165, 1.54) is 17.0 Å². The molecule has 0 bridgehead atoms. The maximum absolute atomic E-state index is 13.2. The zero-order valence-corrected chi connectivity index (χ0v) is 15.5. The number of nitrogens with one attached hydrogen (secondary N) is 1. The number of carbonyl (C=O) groups excluding carboxylic acids is 1. The highest BCUT2D eigenvalue weighted by molar-refractivity contribution is 8.02. The number of amides is 1. The lowest BCUT2D eigenvalue weighted by molar-refractivity contribution is -0.129. The average Bonchev–Trinajstić information content (AvgIpc) is 2.99. The topological polar surface area (TPSA) is 58.1 Å². The van der Waals surface area contributed by atoms with E-state index < -0.39 is 18.0 Å². The highest BCUT2D eigenvalue weighted by atomic mass is 32.2. The first kappa shape index (κ1) is 20.4. The Morgan fingerprint density at radius 2 is 2.12 bits per heavy atom. The van der Waals surface area contributed by atoms with E-state index >= 15 is 0 Å². The summed E-state index contributed by atoms with van der Waals surface area (Å²) in [5, 5.41) is 9.07. The van der Waals surface area contributed by atoms with Crippen LogP contribution in [0, 0.1) is 5.82 Å². The fraction of sp³-hybridized carbons (Fsp3) is 0.400. The van der Waals surface area contributed by atoms with Crippen LogP contribution in [-0.4, -0.2) is 46.0 Å². The summed E-state index contributed by atoms with van der Waals surface area (Å²) >= 11 is 2.05. The molecule has 0 radical (unpaired) electrons. The Labute approximate surface area is 155 Å². The minimum absolute atomic E-state index is 0.0394. The van der Waals surface area contributed by atoms with Gasteiger partial charge in [0.1, 0.15) is 12.4 Å². The molecule has 1 amide bonds. The second-order valence-electron chi connectivity index (χ2n) is 5.43. The van der Waals surface area contributed by atoms with Crippen molar-refractivity contribution < 1.29 is 22.4 Å². The molecule has 1 heterocycles. The van der Waals surface area contributed by atoms with Crippen LogP contribution in [0.5, 0.6) is 0 Å². The van der Waals surface area contributed by atoms with E-state index in [4.69, 9.17) is 0 Å². The fourth-order valence-electron chi connectivity index (χ4n) is 2.00. The molecule has 1 atom stereocenters. The molecule has 1 unspecified atom stereocenters. The number of anilines is 1. The van der Waals surface area contributed by atoms with Gasteiger partial charge in [0.25, 0.3) is 0 Å². The van der Waals surface area contributed by atoms with Gasteiger partial charge in [-0.05, 0) is 24.6 Å². The van der Waals surface area contributed by atoms with Gasteiger partial charge in [0.15, 0.2) is 4.34 Å². The maximum Gasteiger partial charge on any atom is 0.405 e. The minimum Gasteiger partial charge on any atom is -0.351 e. The molecule has 0 saturated carbocycles. The standard InChI is InChI=1S/C15H16F4N4OS2/c1-9(12(24)23(2)7-10-4-3-5-11(16)6-10)25-14-22-21-13(26-14)20-8-15(17,18)19/h3-6,9H,7-8H2,1-2H3,(H,20,21). The molecule has 0 aliphatic heterocycles. The van der Waals surface area contributed by atoms with Gasteiger partial charge in [-0.3, -0.25) is 4.79 Å². The lowest BCUT2D eigenvalue weighted by Gasteiger charge is -2.20. The van der Waals surface area contributed by atoms with E-state index in [-0.39, 0.29) is 23.4 Å². The van der Waals surface area contributed by atoms with Crippen LogP contribution in [0.3, 0.4) is 0 Å². The number of thioether (sulfide) groups is 1. The second kappa shape index (κ2) is 8.67. The lowest BCUT2D eigenvalue weighted by Crippen LogP contribution is -2.32. The third kappa shape index (κ3) is 6.45. The van der Waals surface area contributed by atoms with Crippen molar-refractivity contribution in [2.24, 2.45) is 0 Å². The fourth-order valence-corrected chi connectivity index (χ4v) is 4.01. The number of nitrogens with zero attached hydrogens (tertiary/aromatic N) is 3. The van der Waals surface area contributed by atoms with E-state index in [9.17, 15) is 22.4 Å². The first-order chi connectivity index (χ1) is 12.1. The Morgan fingerprint density at radius 3 is 2.77 bits per heavy atom. The molecule has 1 N–H and O–H groups in total. The van der Waals surface area contributed by atoms with Crippen molar-refractivity contribution in [3.05, 3.63) is 35.6 Å². The molecule has 0 aliphatic carbocycles. The van der Waals surface area contributed by atoms with Crippen LogP contribution in [0.2, 0.25) is 0 Å². The molecular weight excluding hydrogens is 392 g/mol. The number of benzene rings is 1. The van der Waals surface area contributed by atoms with Crippen molar-refractivity contribution in [2.45, 2.75) is 29.2 Å².